The van der Waals surface area contributed by atoms with Crippen LogP contribution in [0.5, 0.6) is 0 Å². The Bertz CT molecular complexity index is 385. The van der Waals surface area contributed by atoms with Crippen molar-refractivity contribution in [2.24, 2.45) is 0 Å². The Morgan fingerprint density at radius 2 is 2.13 bits per heavy atom. The first-order valence-electron chi connectivity index (χ1n) is 4.94. The normalized spacial score (nSPS) is 11.5. The summed E-state index contributed by atoms with van der Waals surface area (Å²) in [6.07, 6.45) is 0.385. The van der Waals surface area contributed by atoms with Gasteiger partial charge in [-0.1, -0.05) is 27.4 Å². The molecule has 82 valence electrons. The van der Waals surface area contributed by atoms with Gasteiger partial charge in [-0.15, -0.1) is 11.3 Å². The van der Waals surface area contributed by atoms with Crippen LogP contribution in [0.15, 0.2) is 17.5 Å². The van der Waals surface area contributed by atoms with Gasteiger partial charge in [0.05, 0.1) is 12.1 Å². The lowest BCUT2D eigenvalue weighted by molar-refractivity contribution is -0.114. The van der Waals surface area contributed by atoms with Gasteiger partial charge in [-0.3, -0.25) is 4.79 Å². The highest BCUT2D eigenvalue weighted by Gasteiger charge is 2.18. The number of carbonyl (C=O) groups is 1. The van der Waals surface area contributed by atoms with Gasteiger partial charge in [-0.05, 0) is 12.5 Å². The van der Waals surface area contributed by atoms with Crippen LogP contribution in [-0.2, 0) is 16.6 Å². The van der Waals surface area contributed by atoms with Gasteiger partial charge in [0.15, 0.2) is 5.78 Å². The van der Waals surface area contributed by atoms with Crippen molar-refractivity contribution < 1.29 is 4.79 Å². The molecule has 0 aliphatic heterocycles. The highest BCUT2D eigenvalue weighted by molar-refractivity contribution is 7.09. The molecule has 0 aliphatic rings. The smallest absolute Gasteiger partial charge is 0.164 e. The Balaban J connectivity index is 2.78. The number of rotatable bonds is 3. The Morgan fingerprint density at radius 3 is 2.53 bits per heavy atom. The van der Waals surface area contributed by atoms with Crippen LogP contribution in [0, 0.1) is 0 Å². The van der Waals surface area contributed by atoms with Crippen molar-refractivity contribution in [2.45, 2.75) is 39.5 Å². The molecule has 0 aliphatic carbocycles. The second kappa shape index (κ2) is 4.27. The fraction of sp³-hybridized carbons (Fsp3) is 0.500. The molecule has 3 heteroatoms. The monoisotopic (exact) mass is 223 g/mol. The molecule has 1 heterocycles. The molecule has 0 saturated heterocycles. The SMILES string of the molecule is C=C(C)C(=O)Cc1nc(C(C)(C)C)cs1. The summed E-state index contributed by atoms with van der Waals surface area (Å²) in [5.74, 6) is 0.0739. The zero-order valence-corrected chi connectivity index (χ0v) is 10.6. The molecule has 0 unspecified atom stereocenters. The van der Waals surface area contributed by atoms with E-state index in [9.17, 15) is 4.79 Å². The maximum Gasteiger partial charge on any atom is 0.164 e. The number of thiazole rings is 1. The van der Waals surface area contributed by atoms with E-state index in [1.165, 1.54) is 0 Å². The maximum absolute atomic E-state index is 11.4. The minimum absolute atomic E-state index is 0.0566. The molecular weight excluding hydrogens is 206 g/mol. The summed E-state index contributed by atoms with van der Waals surface area (Å²) in [5.41, 5.74) is 1.71. The summed E-state index contributed by atoms with van der Waals surface area (Å²) in [5, 5.41) is 2.91. The van der Waals surface area contributed by atoms with Crippen LogP contribution in [0.4, 0.5) is 0 Å². The van der Waals surface area contributed by atoms with E-state index in [1.54, 1.807) is 18.3 Å². The Morgan fingerprint density at radius 1 is 1.53 bits per heavy atom. The van der Waals surface area contributed by atoms with Crippen LogP contribution < -0.4 is 0 Å². The van der Waals surface area contributed by atoms with Crippen molar-refractivity contribution in [2.75, 3.05) is 0 Å². The number of hydrogen-bond acceptors (Lipinski definition) is 3. The van der Waals surface area contributed by atoms with Crippen LogP contribution in [0.1, 0.15) is 38.4 Å². The molecule has 0 N–H and O–H groups in total. The van der Waals surface area contributed by atoms with Gasteiger partial charge in [0, 0.05) is 10.8 Å². The molecule has 0 amide bonds. The molecule has 0 fully saturated rings. The van der Waals surface area contributed by atoms with Crippen molar-refractivity contribution in [3.05, 3.63) is 28.2 Å². The average molecular weight is 223 g/mol. The number of allylic oxidation sites excluding steroid dienone is 1. The molecule has 0 spiro atoms. The third kappa shape index (κ3) is 3.27. The second-order valence-corrected chi connectivity index (χ2v) is 5.70. The van der Waals surface area contributed by atoms with E-state index >= 15 is 0 Å². The van der Waals surface area contributed by atoms with Gasteiger partial charge < -0.3 is 0 Å². The zero-order chi connectivity index (χ0) is 11.6. The molecule has 2 nitrogen and oxygen atoms in total. The molecule has 15 heavy (non-hydrogen) atoms. The lowest BCUT2D eigenvalue weighted by atomic mass is 9.93. The molecule has 1 aromatic heterocycles. The first-order valence-corrected chi connectivity index (χ1v) is 5.82. The Labute approximate surface area is 95.0 Å². The van der Waals surface area contributed by atoms with Crippen molar-refractivity contribution >= 4 is 17.1 Å². The summed E-state index contributed by atoms with van der Waals surface area (Å²) < 4.78 is 0. The number of aromatic nitrogens is 1. The summed E-state index contributed by atoms with van der Waals surface area (Å²) in [6, 6.07) is 0. The topological polar surface area (TPSA) is 30.0 Å². The van der Waals surface area contributed by atoms with E-state index in [1.807, 2.05) is 5.38 Å². The predicted molar refractivity (Wildman–Crippen MR) is 64.3 cm³/mol. The molecule has 1 aromatic rings. The quantitative estimate of drug-likeness (QED) is 0.737. The number of carbonyl (C=O) groups excluding carboxylic acids is 1. The van der Waals surface area contributed by atoms with Gasteiger partial charge in [-0.25, -0.2) is 4.98 Å². The second-order valence-electron chi connectivity index (χ2n) is 4.76. The van der Waals surface area contributed by atoms with Gasteiger partial charge in [0.1, 0.15) is 5.01 Å². The molecule has 0 radical (unpaired) electrons. The van der Waals surface area contributed by atoms with E-state index in [0.29, 0.717) is 12.0 Å². The van der Waals surface area contributed by atoms with Crippen molar-refractivity contribution in [3.8, 4) is 0 Å². The lowest BCUT2D eigenvalue weighted by Crippen LogP contribution is -2.12. The third-order valence-corrected chi connectivity index (χ3v) is 2.96. The van der Waals surface area contributed by atoms with E-state index in [0.717, 1.165) is 10.7 Å². The lowest BCUT2D eigenvalue weighted by Gasteiger charge is -2.14. The highest BCUT2D eigenvalue weighted by atomic mass is 32.1. The van der Waals surface area contributed by atoms with E-state index in [2.05, 4.69) is 32.3 Å². The molecule has 0 aromatic carbocycles. The van der Waals surface area contributed by atoms with E-state index < -0.39 is 0 Å². The fourth-order valence-corrected chi connectivity index (χ4v) is 2.04. The molecule has 0 bridgehead atoms. The first-order chi connectivity index (χ1) is 6.80. The molecule has 1 rings (SSSR count). The highest BCUT2D eigenvalue weighted by Crippen LogP contribution is 2.24. The number of Topliss-reactive ketones (excluding diaryl/α,β-unsaturated/α-hetero) is 1. The summed E-state index contributed by atoms with van der Waals surface area (Å²) in [7, 11) is 0. The molecule has 0 atom stereocenters. The van der Waals surface area contributed by atoms with Gasteiger partial charge in [0.25, 0.3) is 0 Å². The minimum atomic E-state index is 0.0566. The van der Waals surface area contributed by atoms with Crippen molar-refractivity contribution in [3.63, 3.8) is 0 Å². The summed E-state index contributed by atoms with van der Waals surface area (Å²) in [4.78, 5) is 15.9. The van der Waals surface area contributed by atoms with Crippen LogP contribution in [0.2, 0.25) is 0 Å². The predicted octanol–water partition coefficient (Wildman–Crippen LogP) is 3.13. The molecular formula is C12H17NOS. The Hall–Kier alpha value is -0.960. The van der Waals surface area contributed by atoms with Crippen LogP contribution in [-0.4, -0.2) is 10.8 Å². The Kier molecular flexibility index (Phi) is 3.45. The summed E-state index contributed by atoms with van der Waals surface area (Å²) in [6.45, 7) is 11.7. The maximum atomic E-state index is 11.4. The van der Waals surface area contributed by atoms with Crippen LogP contribution in [0.25, 0.3) is 0 Å². The zero-order valence-electron chi connectivity index (χ0n) is 9.76. The number of ketones is 1. The van der Waals surface area contributed by atoms with Gasteiger partial charge >= 0.3 is 0 Å². The standard InChI is InChI=1S/C12H17NOS/c1-8(2)9(14)6-11-13-10(7-15-11)12(3,4)5/h7H,1,6H2,2-5H3. The third-order valence-electron chi connectivity index (χ3n) is 2.11. The number of nitrogens with zero attached hydrogens (tertiary/aromatic N) is 1. The van der Waals surface area contributed by atoms with Gasteiger partial charge in [0.2, 0.25) is 0 Å². The first kappa shape index (κ1) is 12.1. The average Bonchev–Trinajstić information content (AvgIpc) is 2.51. The molecule has 0 saturated carbocycles. The fourth-order valence-electron chi connectivity index (χ4n) is 1.02. The van der Waals surface area contributed by atoms with E-state index in [4.69, 9.17) is 0 Å². The minimum Gasteiger partial charge on any atom is -0.294 e. The van der Waals surface area contributed by atoms with Gasteiger partial charge in [-0.2, -0.15) is 0 Å². The van der Waals surface area contributed by atoms with Crippen molar-refractivity contribution in [1.82, 2.24) is 4.98 Å². The van der Waals surface area contributed by atoms with Crippen molar-refractivity contribution in [1.29, 1.82) is 0 Å². The van der Waals surface area contributed by atoms with E-state index in [-0.39, 0.29) is 11.2 Å². The van der Waals surface area contributed by atoms with Crippen LogP contribution in [0.3, 0.4) is 0 Å². The number of hydrogen-bond donors (Lipinski definition) is 0. The largest absolute Gasteiger partial charge is 0.294 e. The van der Waals surface area contributed by atoms with Crippen LogP contribution >= 0.6 is 11.3 Å². The summed E-state index contributed by atoms with van der Waals surface area (Å²) >= 11 is 1.55.